The number of aromatic nitrogens is 3. The standard InChI is InChI=1S/C21H25N5O3S/c1-15-20(16(2)24(3)23-15)30(28,29)26-12-6-11-25(13-14-26)21(27)19-18-8-5-4-7-17(18)9-10-22-19/h4-5,7-10H,6,11-14H2,1-3H3. The zero-order valence-electron chi connectivity index (χ0n) is 17.4. The lowest BCUT2D eigenvalue weighted by atomic mass is 10.1. The number of nitrogens with zero attached hydrogens (tertiary/aromatic N) is 5. The molecule has 1 aromatic carbocycles. The molecule has 1 saturated heterocycles. The first-order chi connectivity index (χ1) is 14.3. The van der Waals surface area contributed by atoms with E-state index in [1.807, 2.05) is 30.3 Å². The third-order valence-corrected chi connectivity index (χ3v) is 7.81. The van der Waals surface area contributed by atoms with E-state index in [4.69, 9.17) is 0 Å². The molecular weight excluding hydrogens is 402 g/mol. The number of hydrogen-bond acceptors (Lipinski definition) is 5. The first-order valence-electron chi connectivity index (χ1n) is 9.94. The molecule has 0 aliphatic carbocycles. The highest BCUT2D eigenvalue weighted by molar-refractivity contribution is 7.89. The molecule has 3 heterocycles. The predicted octanol–water partition coefficient (Wildman–Crippen LogP) is 2.12. The maximum Gasteiger partial charge on any atom is 0.273 e. The van der Waals surface area contributed by atoms with Gasteiger partial charge in [0.05, 0.1) is 11.4 Å². The van der Waals surface area contributed by atoms with Crippen molar-refractivity contribution in [1.82, 2.24) is 24.0 Å². The lowest BCUT2D eigenvalue weighted by Gasteiger charge is -2.22. The smallest absolute Gasteiger partial charge is 0.273 e. The van der Waals surface area contributed by atoms with Crippen LogP contribution >= 0.6 is 0 Å². The number of fused-ring (bicyclic) bond motifs is 1. The van der Waals surface area contributed by atoms with Crippen LogP contribution in [0.1, 0.15) is 28.3 Å². The minimum Gasteiger partial charge on any atom is -0.336 e. The average molecular weight is 428 g/mol. The Kier molecular flexibility index (Phi) is 5.33. The van der Waals surface area contributed by atoms with E-state index in [2.05, 4.69) is 10.1 Å². The molecule has 8 nitrogen and oxygen atoms in total. The number of aryl methyl sites for hydroxylation is 2. The Morgan fingerprint density at radius 2 is 1.80 bits per heavy atom. The molecule has 4 rings (SSSR count). The fraction of sp³-hybridized carbons (Fsp3) is 0.381. The largest absolute Gasteiger partial charge is 0.336 e. The molecule has 1 aliphatic rings. The van der Waals surface area contributed by atoms with Gasteiger partial charge in [-0.05, 0) is 31.7 Å². The Morgan fingerprint density at radius 3 is 2.53 bits per heavy atom. The Balaban J connectivity index is 1.58. The molecule has 0 N–H and O–H groups in total. The molecule has 2 aromatic heterocycles. The third kappa shape index (κ3) is 3.48. The molecular formula is C21H25N5O3S. The van der Waals surface area contributed by atoms with E-state index in [0.29, 0.717) is 43.1 Å². The highest BCUT2D eigenvalue weighted by Crippen LogP contribution is 2.25. The number of hydrogen-bond donors (Lipinski definition) is 0. The second-order valence-electron chi connectivity index (χ2n) is 7.55. The number of carbonyl (C=O) groups is 1. The second-order valence-corrected chi connectivity index (χ2v) is 9.43. The van der Waals surface area contributed by atoms with E-state index in [-0.39, 0.29) is 17.3 Å². The summed E-state index contributed by atoms with van der Waals surface area (Å²) in [5, 5.41) is 6.01. The number of sulfonamides is 1. The van der Waals surface area contributed by atoms with E-state index in [1.165, 1.54) is 4.31 Å². The molecule has 0 atom stereocenters. The molecule has 1 aliphatic heterocycles. The molecule has 1 fully saturated rings. The van der Waals surface area contributed by atoms with E-state index in [1.54, 1.807) is 36.7 Å². The van der Waals surface area contributed by atoms with Gasteiger partial charge in [0, 0.05) is 44.8 Å². The van der Waals surface area contributed by atoms with Crippen molar-refractivity contribution in [3.05, 3.63) is 53.6 Å². The number of carbonyl (C=O) groups excluding carboxylic acids is 1. The van der Waals surface area contributed by atoms with Crippen LogP contribution in [0.3, 0.4) is 0 Å². The number of amides is 1. The summed E-state index contributed by atoms with van der Waals surface area (Å²) < 4.78 is 29.6. The lowest BCUT2D eigenvalue weighted by molar-refractivity contribution is 0.0760. The number of pyridine rings is 1. The minimum atomic E-state index is -3.68. The van der Waals surface area contributed by atoms with Crippen LogP contribution in [0.2, 0.25) is 0 Å². The molecule has 158 valence electrons. The van der Waals surface area contributed by atoms with Gasteiger partial charge in [-0.15, -0.1) is 0 Å². The van der Waals surface area contributed by atoms with Crippen molar-refractivity contribution in [2.24, 2.45) is 7.05 Å². The highest BCUT2D eigenvalue weighted by Gasteiger charge is 2.33. The van der Waals surface area contributed by atoms with Crippen LogP contribution in [0.15, 0.2) is 41.4 Å². The van der Waals surface area contributed by atoms with Crippen molar-refractivity contribution in [2.75, 3.05) is 26.2 Å². The number of rotatable bonds is 3. The van der Waals surface area contributed by atoms with Crippen molar-refractivity contribution < 1.29 is 13.2 Å². The average Bonchev–Trinajstić information content (AvgIpc) is 2.91. The first-order valence-corrected chi connectivity index (χ1v) is 11.4. The quantitative estimate of drug-likeness (QED) is 0.639. The van der Waals surface area contributed by atoms with Gasteiger partial charge in [0.15, 0.2) is 0 Å². The monoisotopic (exact) mass is 427 g/mol. The highest BCUT2D eigenvalue weighted by atomic mass is 32.2. The maximum atomic E-state index is 13.3. The van der Waals surface area contributed by atoms with Crippen LogP contribution in [0, 0.1) is 13.8 Å². The van der Waals surface area contributed by atoms with Gasteiger partial charge in [-0.1, -0.05) is 24.3 Å². The van der Waals surface area contributed by atoms with E-state index < -0.39 is 10.0 Å². The first kappa shape index (κ1) is 20.5. The van der Waals surface area contributed by atoms with Gasteiger partial charge in [-0.3, -0.25) is 14.5 Å². The molecule has 0 saturated carbocycles. The van der Waals surface area contributed by atoms with Crippen molar-refractivity contribution in [3.8, 4) is 0 Å². The van der Waals surface area contributed by atoms with Crippen molar-refractivity contribution in [1.29, 1.82) is 0 Å². The SMILES string of the molecule is Cc1nn(C)c(C)c1S(=O)(=O)N1CCCN(C(=O)c2nccc3ccccc23)CC1. The van der Waals surface area contributed by atoms with Gasteiger partial charge < -0.3 is 4.90 Å². The number of benzene rings is 1. The molecule has 30 heavy (non-hydrogen) atoms. The molecule has 0 spiro atoms. The van der Waals surface area contributed by atoms with E-state index >= 15 is 0 Å². The fourth-order valence-corrected chi connectivity index (χ4v) is 5.90. The zero-order chi connectivity index (χ0) is 21.5. The zero-order valence-corrected chi connectivity index (χ0v) is 18.2. The van der Waals surface area contributed by atoms with Crippen LogP contribution in [0.25, 0.3) is 10.8 Å². The fourth-order valence-electron chi connectivity index (χ4n) is 4.03. The summed E-state index contributed by atoms with van der Waals surface area (Å²) >= 11 is 0. The summed E-state index contributed by atoms with van der Waals surface area (Å²) in [6.07, 6.45) is 2.20. The minimum absolute atomic E-state index is 0.167. The Bertz CT molecular complexity index is 1210. The Morgan fingerprint density at radius 1 is 1.03 bits per heavy atom. The van der Waals surface area contributed by atoms with Gasteiger partial charge in [0.1, 0.15) is 10.6 Å². The topological polar surface area (TPSA) is 88.4 Å². The van der Waals surface area contributed by atoms with Crippen LogP contribution in [-0.2, 0) is 17.1 Å². The molecule has 1 amide bonds. The predicted molar refractivity (Wildman–Crippen MR) is 114 cm³/mol. The lowest BCUT2D eigenvalue weighted by Crippen LogP contribution is -2.38. The summed E-state index contributed by atoms with van der Waals surface area (Å²) in [6.45, 7) is 4.88. The summed E-state index contributed by atoms with van der Waals surface area (Å²) in [5.41, 5.74) is 1.51. The molecule has 0 bridgehead atoms. The van der Waals surface area contributed by atoms with Crippen LogP contribution < -0.4 is 0 Å². The molecule has 0 radical (unpaired) electrons. The normalized spacial score (nSPS) is 16.0. The van der Waals surface area contributed by atoms with Crippen molar-refractivity contribution in [2.45, 2.75) is 25.2 Å². The molecule has 3 aromatic rings. The Labute approximate surface area is 176 Å². The van der Waals surface area contributed by atoms with Crippen LogP contribution in [0.4, 0.5) is 0 Å². The summed E-state index contributed by atoms with van der Waals surface area (Å²) in [5.74, 6) is -0.167. The maximum absolute atomic E-state index is 13.3. The van der Waals surface area contributed by atoms with Crippen LogP contribution in [-0.4, -0.2) is 64.5 Å². The molecule has 9 heteroatoms. The van der Waals surface area contributed by atoms with Gasteiger partial charge in [0.2, 0.25) is 10.0 Å². The Hall–Kier alpha value is -2.78. The van der Waals surface area contributed by atoms with Crippen molar-refractivity contribution in [3.63, 3.8) is 0 Å². The van der Waals surface area contributed by atoms with Crippen LogP contribution in [0.5, 0.6) is 0 Å². The van der Waals surface area contributed by atoms with Crippen molar-refractivity contribution >= 4 is 26.7 Å². The van der Waals surface area contributed by atoms with Gasteiger partial charge in [0.25, 0.3) is 5.91 Å². The third-order valence-electron chi connectivity index (χ3n) is 5.66. The van der Waals surface area contributed by atoms with Gasteiger partial charge in [-0.25, -0.2) is 8.42 Å². The van der Waals surface area contributed by atoms with E-state index in [9.17, 15) is 13.2 Å². The van der Waals surface area contributed by atoms with Gasteiger partial charge in [-0.2, -0.15) is 9.40 Å². The van der Waals surface area contributed by atoms with E-state index in [0.717, 1.165) is 10.8 Å². The summed E-state index contributed by atoms with van der Waals surface area (Å²) in [6, 6.07) is 9.52. The van der Waals surface area contributed by atoms with Gasteiger partial charge >= 0.3 is 0 Å². The summed E-state index contributed by atoms with van der Waals surface area (Å²) in [7, 11) is -1.94. The second kappa shape index (κ2) is 7.81. The molecule has 0 unspecified atom stereocenters. The summed E-state index contributed by atoms with van der Waals surface area (Å²) in [4.78, 5) is 19.5.